The van der Waals surface area contributed by atoms with Crippen LogP contribution in [0.5, 0.6) is 0 Å². The second kappa shape index (κ2) is 11.5. The van der Waals surface area contributed by atoms with Crippen LogP contribution in [0.15, 0.2) is 78.9 Å². The number of benzene rings is 3. The zero-order valence-corrected chi connectivity index (χ0v) is 20.8. The van der Waals surface area contributed by atoms with Crippen molar-refractivity contribution in [2.75, 3.05) is 48.9 Å². The number of carbonyl (C=O) groups excluding carboxylic acids is 2. The van der Waals surface area contributed by atoms with Crippen LogP contribution >= 0.6 is 0 Å². The first-order chi connectivity index (χ1) is 18.6. The second-order valence-corrected chi connectivity index (χ2v) is 8.47. The van der Waals surface area contributed by atoms with Gasteiger partial charge in [0.15, 0.2) is 11.6 Å². The third-order valence-electron chi connectivity index (χ3n) is 5.91. The van der Waals surface area contributed by atoms with Gasteiger partial charge >= 0.3 is 12.0 Å². The number of methoxy groups -OCH3 is 1. The summed E-state index contributed by atoms with van der Waals surface area (Å²) in [5.74, 6) is 1.31. The minimum Gasteiger partial charge on any atom is -0.465 e. The molecule has 2 heterocycles. The molecule has 1 saturated heterocycles. The maximum atomic E-state index is 12.5. The zero-order chi connectivity index (χ0) is 26.3. The molecule has 1 aromatic heterocycles. The first kappa shape index (κ1) is 24.8. The summed E-state index contributed by atoms with van der Waals surface area (Å²) in [7, 11) is 1.32. The Hall–Kier alpha value is -4.83. The van der Waals surface area contributed by atoms with Gasteiger partial charge < -0.3 is 25.0 Å². The summed E-state index contributed by atoms with van der Waals surface area (Å²) in [6, 6.07) is 23.1. The summed E-state index contributed by atoms with van der Waals surface area (Å²) < 4.78 is 10.2. The SMILES string of the molecule is COC(=O)c1ccc(NC(=O)Nc2ccc(-c3nc(-c4ccccc4)nc(N4CCOCC4)n3)cc2)cc1. The molecule has 4 aromatic rings. The number of morpholine rings is 1. The fourth-order valence-corrected chi connectivity index (χ4v) is 3.92. The van der Waals surface area contributed by atoms with Crippen molar-refractivity contribution < 1.29 is 19.1 Å². The highest BCUT2D eigenvalue weighted by Gasteiger charge is 2.18. The minimum atomic E-state index is -0.438. The Balaban J connectivity index is 1.32. The lowest BCUT2D eigenvalue weighted by atomic mass is 10.1. The Morgan fingerprint density at radius 2 is 1.32 bits per heavy atom. The van der Waals surface area contributed by atoms with Crippen molar-refractivity contribution in [3.63, 3.8) is 0 Å². The molecule has 192 valence electrons. The molecule has 0 aliphatic carbocycles. The molecule has 5 rings (SSSR count). The van der Waals surface area contributed by atoms with Crippen LogP contribution in [0.3, 0.4) is 0 Å². The summed E-state index contributed by atoms with van der Waals surface area (Å²) in [5, 5.41) is 5.54. The monoisotopic (exact) mass is 510 g/mol. The highest BCUT2D eigenvalue weighted by Crippen LogP contribution is 2.25. The average molecular weight is 511 g/mol. The molecule has 1 fully saturated rings. The first-order valence-corrected chi connectivity index (χ1v) is 12.1. The number of nitrogens with zero attached hydrogens (tertiary/aromatic N) is 4. The van der Waals surface area contributed by atoms with Crippen molar-refractivity contribution in [1.29, 1.82) is 0 Å². The van der Waals surface area contributed by atoms with Crippen LogP contribution in [-0.2, 0) is 9.47 Å². The molecule has 0 spiro atoms. The molecule has 10 nitrogen and oxygen atoms in total. The lowest BCUT2D eigenvalue weighted by molar-refractivity contribution is 0.0600. The molecule has 0 atom stereocenters. The Morgan fingerprint density at radius 1 is 0.763 bits per heavy atom. The predicted octanol–water partition coefficient (Wildman–Crippen LogP) is 4.47. The van der Waals surface area contributed by atoms with Crippen LogP contribution in [0.2, 0.25) is 0 Å². The number of nitrogens with one attached hydrogen (secondary N) is 2. The fraction of sp³-hybridized carbons (Fsp3) is 0.179. The van der Waals surface area contributed by atoms with E-state index in [-0.39, 0.29) is 0 Å². The van der Waals surface area contributed by atoms with E-state index in [0.29, 0.717) is 60.8 Å². The number of hydrogen-bond acceptors (Lipinski definition) is 8. The van der Waals surface area contributed by atoms with E-state index < -0.39 is 12.0 Å². The molecular formula is C28H26N6O4. The van der Waals surface area contributed by atoms with E-state index in [1.54, 1.807) is 36.4 Å². The van der Waals surface area contributed by atoms with E-state index in [2.05, 4.69) is 20.3 Å². The standard InChI is InChI=1S/C28H26N6O4/c1-37-26(35)21-9-13-23(14-10-21)30-28(36)29-22-11-7-20(8-12-22)25-31-24(19-5-3-2-4-6-19)32-27(33-25)34-15-17-38-18-16-34/h2-14H,15-18H2,1H3,(H2,29,30,36). The molecule has 0 unspecified atom stereocenters. The molecule has 0 radical (unpaired) electrons. The topological polar surface area (TPSA) is 119 Å². The van der Waals surface area contributed by atoms with Crippen LogP contribution in [0.4, 0.5) is 22.1 Å². The maximum absolute atomic E-state index is 12.5. The number of aromatic nitrogens is 3. The van der Waals surface area contributed by atoms with Gasteiger partial charge in [0.1, 0.15) is 0 Å². The van der Waals surface area contributed by atoms with Crippen molar-refractivity contribution >= 4 is 29.3 Å². The summed E-state index contributed by atoms with van der Waals surface area (Å²) >= 11 is 0. The first-order valence-electron chi connectivity index (χ1n) is 12.1. The third kappa shape index (κ3) is 5.93. The largest absolute Gasteiger partial charge is 0.465 e. The van der Waals surface area contributed by atoms with Crippen LogP contribution in [0.1, 0.15) is 10.4 Å². The minimum absolute atomic E-state index is 0.402. The molecular weight excluding hydrogens is 484 g/mol. The van der Waals surface area contributed by atoms with Crippen LogP contribution in [0, 0.1) is 0 Å². The van der Waals surface area contributed by atoms with Gasteiger partial charge in [-0.05, 0) is 48.5 Å². The molecule has 2 amide bonds. The number of amides is 2. The van der Waals surface area contributed by atoms with Gasteiger partial charge in [0.2, 0.25) is 5.95 Å². The van der Waals surface area contributed by atoms with Gasteiger partial charge in [0.05, 0.1) is 25.9 Å². The smallest absolute Gasteiger partial charge is 0.337 e. The number of rotatable bonds is 6. The van der Waals surface area contributed by atoms with Gasteiger partial charge in [-0.3, -0.25) is 0 Å². The van der Waals surface area contributed by atoms with E-state index in [1.807, 2.05) is 42.5 Å². The van der Waals surface area contributed by atoms with Gasteiger partial charge in [-0.15, -0.1) is 0 Å². The van der Waals surface area contributed by atoms with E-state index in [9.17, 15) is 9.59 Å². The third-order valence-corrected chi connectivity index (χ3v) is 5.91. The Bertz CT molecular complexity index is 1410. The highest BCUT2D eigenvalue weighted by molar-refractivity contribution is 6.00. The summed E-state index contributed by atoms with van der Waals surface area (Å²) in [6.07, 6.45) is 0. The Kier molecular flexibility index (Phi) is 7.51. The van der Waals surface area contributed by atoms with Crippen LogP contribution in [0.25, 0.3) is 22.8 Å². The lowest BCUT2D eigenvalue weighted by Gasteiger charge is -2.27. The molecule has 3 aromatic carbocycles. The molecule has 1 aliphatic rings. The van der Waals surface area contributed by atoms with Gasteiger partial charge in [-0.25, -0.2) is 14.6 Å². The Labute approximate surface area is 219 Å². The van der Waals surface area contributed by atoms with Crippen molar-refractivity contribution in [1.82, 2.24) is 15.0 Å². The molecule has 38 heavy (non-hydrogen) atoms. The molecule has 0 saturated carbocycles. The number of hydrogen-bond donors (Lipinski definition) is 2. The Morgan fingerprint density at radius 3 is 1.89 bits per heavy atom. The quantitative estimate of drug-likeness (QED) is 0.365. The molecule has 10 heteroatoms. The summed E-state index contributed by atoms with van der Waals surface area (Å²) in [5.41, 5.74) is 3.24. The van der Waals surface area contributed by atoms with Gasteiger partial charge in [-0.1, -0.05) is 30.3 Å². The van der Waals surface area contributed by atoms with E-state index in [1.165, 1.54) is 7.11 Å². The van der Waals surface area contributed by atoms with E-state index in [0.717, 1.165) is 11.1 Å². The van der Waals surface area contributed by atoms with Crippen molar-refractivity contribution in [2.45, 2.75) is 0 Å². The second-order valence-electron chi connectivity index (χ2n) is 8.47. The lowest BCUT2D eigenvalue weighted by Crippen LogP contribution is -2.37. The predicted molar refractivity (Wildman–Crippen MR) is 144 cm³/mol. The average Bonchev–Trinajstić information content (AvgIpc) is 2.98. The molecule has 2 N–H and O–H groups in total. The van der Waals surface area contributed by atoms with Gasteiger partial charge in [0.25, 0.3) is 0 Å². The summed E-state index contributed by atoms with van der Waals surface area (Å²) in [6.45, 7) is 2.67. The van der Waals surface area contributed by atoms with Crippen LogP contribution in [-0.4, -0.2) is 60.4 Å². The van der Waals surface area contributed by atoms with Crippen molar-refractivity contribution in [2.24, 2.45) is 0 Å². The number of ether oxygens (including phenoxy) is 2. The van der Waals surface area contributed by atoms with Crippen molar-refractivity contribution in [3.05, 3.63) is 84.4 Å². The van der Waals surface area contributed by atoms with E-state index >= 15 is 0 Å². The number of esters is 1. The van der Waals surface area contributed by atoms with Crippen molar-refractivity contribution in [3.8, 4) is 22.8 Å². The van der Waals surface area contributed by atoms with Crippen LogP contribution < -0.4 is 15.5 Å². The zero-order valence-electron chi connectivity index (χ0n) is 20.8. The normalized spacial score (nSPS) is 13.0. The fourth-order valence-electron chi connectivity index (χ4n) is 3.92. The number of urea groups is 1. The summed E-state index contributed by atoms with van der Waals surface area (Å²) in [4.78, 5) is 40.3. The van der Waals surface area contributed by atoms with Gasteiger partial charge in [0, 0.05) is 35.6 Å². The highest BCUT2D eigenvalue weighted by atomic mass is 16.5. The maximum Gasteiger partial charge on any atom is 0.337 e. The van der Waals surface area contributed by atoms with E-state index in [4.69, 9.17) is 19.7 Å². The molecule has 0 bridgehead atoms. The number of carbonyl (C=O) groups is 2. The molecule has 1 aliphatic heterocycles. The van der Waals surface area contributed by atoms with Gasteiger partial charge in [-0.2, -0.15) is 9.97 Å². The number of anilines is 3.